The molecule has 80 heavy (non-hydrogen) atoms. The van der Waals surface area contributed by atoms with Gasteiger partial charge in [-0.05, 0) is 117 Å². The molecule has 0 bridgehead atoms. The zero-order valence-electron chi connectivity index (χ0n) is 45.5. The van der Waals surface area contributed by atoms with E-state index in [1.165, 1.54) is 83.8 Å². The standard InChI is InChI=1S/C74H54N2S2.2U/c1-73(2,3)57-23-31-61(32-24-57)75(59-27-19-49(20-28-59)53-17-15-47-11-7-9-13-51(47)39-53)63-35-37-65-67-41-55-42-68-66-38-36-64(46-72(66)78-70(68)44-56(55)43-69(67)77-71(65)45-63)76(62-33-25-58(26-34-62)74(4,5)6)60-29-21-50(22-30-60)54-18-16-48-12-8-10-14-52(48)40-54;;/h7-16,19,21,23-46H,1-6H3;;/q-4;2*+2. The second kappa shape index (κ2) is 21.5. The van der Waals surface area contributed by atoms with E-state index in [1.807, 2.05) is 22.7 Å². The third kappa shape index (κ3) is 10.1. The molecule has 0 N–H and O–H groups in total. The Hall–Kier alpha value is -6.44. The smallest absolute Gasteiger partial charge is 0.352 e. The number of rotatable bonds is 8. The Morgan fingerprint density at radius 2 is 0.637 bits per heavy atom. The molecular formula is C74H54N2S2U2. The number of fused-ring (bicyclic) bond motifs is 9. The van der Waals surface area contributed by atoms with E-state index in [1.54, 1.807) is 0 Å². The van der Waals surface area contributed by atoms with Crippen LogP contribution in [0, 0.1) is 86.5 Å². The summed E-state index contributed by atoms with van der Waals surface area (Å²) in [6.07, 6.45) is 0. The van der Waals surface area contributed by atoms with Crippen molar-refractivity contribution in [2.75, 3.05) is 9.80 Å². The van der Waals surface area contributed by atoms with Crippen LogP contribution in [0.3, 0.4) is 0 Å². The van der Waals surface area contributed by atoms with Crippen LogP contribution in [0.25, 0.3) is 94.9 Å². The Kier molecular flexibility index (Phi) is 14.5. The Labute approximate surface area is 524 Å². The molecule has 0 saturated carbocycles. The first kappa shape index (κ1) is 54.2. The van der Waals surface area contributed by atoms with Gasteiger partial charge in [-0.2, -0.15) is 48.5 Å². The van der Waals surface area contributed by atoms with Crippen molar-refractivity contribution in [2.45, 2.75) is 52.4 Å². The van der Waals surface area contributed by atoms with Gasteiger partial charge in [-0.1, -0.05) is 126 Å². The van der Waals surface area contributed by atoms with Crippen LogP contribution in [-0.2, 0) is 10.8 Å². The molecule has 0 aliphatic heterocycles. The Morgan fingerprint density at radius 3 is 1.02 bits per heavy atom. The van der Waals surface area contributed by atoms with Gasteiger partial charge >= 0.3 is 62.2 Å². The van der Waals surface area contributed by atoms with E-state index in [0.717, 1.165) is 56.4 Å². The molecule has 0 radical (unpaired) electrons. The number of anilines is 6. The SMILES string of the molecule is CC(C)(C)c1ccc(N(c2c[c-]c(-c3[c-]cc4ccccc4c3)cc2)c2ccc3c(c2)sc2cc4cc5sc6cc(N(c7c[c-]c(-c8[c-]cc9ccccc9c8)cc7)c7ccc(C(C)(C)C)cc7)ccc6c5cc4cc23)cc1.[U+2].[U+2]. The van der Waals surface area contributed by atoms with E-state index in [-0.39, 0.29) is 73.1 Å². The van der Waals surface area contributed by atoms with Gasteiger partial charge in [0.05, 0.1) is 0 Å². The molecule has 0 spiro atoms. The van der Waals surface area contributed by atoms with Gasteiger partial charge in [0, 0.05) is 63.1 Å². The van der Waals surface area contributed by atoms with E-state index in [9.17, 15) is 0 Å². The van der Waals surface area contributed by atoms with Gasteiger partial charge in [0.15, 0.2) is 0 Å². The number of hydrogen-bond acceptors (Lipinski definition) is 4. The number of nitrogens with zero attached hydrogens (tertiary/aromatic N) is 2. The molecule has 2 nitrogen and oxygen atoms in total. The van der Waals surface area contributed by atoms with Gasteiger partial charge in [0.2, 0.25) is 0 Å². The molecule has 0 amide bonds. The largest absolute Gasteiger partial charge is 2.00 e. The van der Waals surface area contributed by atoms with Gasteiger partial charge in [-0.15, -0.1) is 80.6 Å². The molecule has 380 valence electrons. The van der Waals surface area contributed by atoms with Crippen molar-refractivity contribution in [3.8, 4) is 22.3 Å². The third-order valence-corrected chi connectivity index (χ3v) is 17.8. The minimum absolute atomic E-state index is 0. The van der Waals surface area contributed by atoms with Crippen molar-refractivity contribution in [1.82, 2.24) is 0 Å². The van der Waals surface area contributed by atoms with E-state index in [0.29, 0.717) is 0 Å². The van der Waals surface area contributed by atoms with E-state index in [4.69, 9.17) is 0 Å². The maximum atomic E-state index is 3.64. The fourth-order valence-electron chi connectivity index (χ4n) is 11.2. The molecule has 12 aromatic carbocycles. The van der Waals surface area contributed by atoms with Crippen molar-refractivity contribution in [3.05, 3.63) is 254 Å². The molecule has 0 atom stereocenters. The molecule has 14 aromatic rings. The van der Waals surface area contributed by atoms with Crippen molar-refractivity contribution in [1.29, 1.82) is 0 Å². The average Bonchev–Trinajstić information content (AvgIpc) is 4.16. The summed E-state index contributed by atoms with van der Waals surface area (Å²) < 4.78 is 5.10. The summed E-state index contributed by atoms with van der Waals surface area (Å²) in [5, 5.41) is 12.4. The molecule has 14 rings (SSSR count). The zero-order chi connectivity index (χ0) is 52.9. The van der Waals surface area contributed by atoms with E-state index >= 15 is 0 Å². The van der Waals surface area contributed by atoms with E-state index in [2.05, 4.69) is 294 Å². The molecule has 2 heterocycles. The molecule has 6 heteroatoms. The summed E-state index contributed by atoms with van der Waals surface area (Å²) in [5.74, 6) is 0. The van der Waals surface area contributed by atoms with Crippen molar-refractivity contribution >= 4 is 129 Å². The van der Waals surface area contributed by atoms with Crippen molar-refractivity contribution in [3.63, 3.8) is 0 Å². The molecule has 0 aliphatic carbocycles. The first-order valence-electron chi connectivity index (χ1n) is 26.8. The van der Waals surface area contributed by atoms with Crippen LogP contribution in [0.5, 0.6) is 0 Å². The van der Waals surface area contributed by atoms with E-state index < -0.39 is 0 Å². The molecule has 2 aromatic heterocycles. The van der Waals surface area contributed by atoms with Gasteiger partial charge in [0.25, 0.3) is 0 Å². The predicted octanol–water partition coefficient (Wildman–Crippen LogP) is 22.0. The summed E-state index contributed by atoms with van der Waals surface area (Å²) in [6, 6.07) is 94.5. The van der Waals surface area contributed by atoms with Gasteiger partial charge in [-0.25, -0.2) is 22.3 Å². The summed E-state index contributed by atoms with van der Waals surface area (Å²) in [6.45, 7) is 13.6. The Morgan fingerprint density at radius 1 is 0.287 bits per heavy atom. The normalized spacial score (nSPS) is 11.9. The molecule has 0 saturated heterocycles. The van der Waals surface area contributed by atoms with Crippen LogP contribution in [-0.4, -0.2) is 0 Å². The van der Waals surface area contributed by atoms with Crippen molar-refractivity contribution < 1.29 is 62.2 Å². The topological polar surface area (TPSA) is 6.48 Å². The third-order valence-electron chi connectivity index (χ3n) is 15.5. The van der Waals surface area contributed by atoms with Gasteiger partial charge in [0.1, 0.15) is 0 Å². The predicted molar refractivity (Wildman–Crippen MR) is 338 cm³/mol. The van der Waals surface area contributed by atoms with Gasteiger partial charge in [-0.3, -0.25) is 0 Å². The van der Waals surface area contributed by atoms with Crippen LogP contribution in [0.1, 0.15) is 52.7 Å². The average molecular weight is 1510 g/mol. The molecular weight excluding hydrogens is 1460 g/mol. The monoisotopic (exact) mass is 1510 g/mol. The van der Waals surface area contributed by atoms with Crippen LogP contribution in [0.2, 0.25) is 0 Å². The van der Waals surface area contributed by atoms with Crippen LogP contribution in [0.15, 0.2) is 218 Å². The number of hydrogen-bond donors (Lipinski definition) is 0. The molecule has 0 fully saturated rings. The Bertz CT molecular complexity index is 4330. The summed E-state index contributed by atoms with van der Waals surface area (Å²) in [4.78, 5) is 4.73. The summed E-state index contributed by atoms with van der Waals surface area (Å²) >= 11 is 3.75. The minimum Gasteiger partial charge on any atom is -0.352 e. The zero-order valence-corrected chi connectivity index (χ0v) is 55.5. The second-order valence-electron chi connectivity index (χ2n) is 22.7. The maximum Gasteiger partial charge on any atom is 2.00 e. The van der Waals surface area contributed by atoms with Crippen LogP contribution in [0.4, 0.5) is 34.1 Å². The first-order chi connectivity index (χ1) is 37.8. The number of thiophene rings is 2. The fraction of sp³-hybridized carbons (Fsp3) is 0.108. The molecule has 0 unspecified atom stereocenters. The number of benzene rings is 12. The maximum absolute atomic E-state index is 3.64. The first-order valence-corrected chi connectivity index (χ1v) is 28.4. The fourth-order valence-corrected chi connectivity index (χ4v) is 13.5. The van der Waals surface area contributed by atoms with Crippen molar-refractivity contribution in [2.24, 2.45) is 0 Å². The Balaban J connectivity index is 0.00000318. The van der Waals surface area contributed by atoms with Crippen LogP contribution >= 0.6 is 22.7 Å². The summed E-state index contributed by atoms with van der Waals surface area (Å²) in [7, 11) is 0. The second-order valence-corrected chi connectivity index (χ2v) is 24.9. The van der Waals surface area contributed by atoms with Gasteiger partial charge < -0.3 is 9.80 Å². The molecule has 0 aliphatic rings. The minimum atomic E-state index is 0. The quantitative estimate of drug-likeness (QED) is 0.140. The summed E-state index contributed by atoms with van der Waals surface area (Å²) in [5.41, 5.74) is 13.4. The van der Waals surface area contributed by atoms with Crippen LogP contribution < -0.4 is 9.80 Å².